The van der Waals surface area contributed by atoms with E-state index in [2.05, 4.69) is 5.32 Å². The van der Waals surface area contributed by atoms with Gasteiger partial charge in [-0.3, -0.25) is 0 Å². The zero-order valence-corrected chi connectivity index (χ0v) is 9.84. The van der Waals surface area contributed by atoms with Gasteiger partial charge in [-0.1, -0.05) is 0 Å². The molecule has 0 saturated carbocycles. The lowest BCUT2D eigenvalue weighted by Gasteiger charge is -2.19. The predicted molar refractivity (Wildman–Crippen MR) is 57.8 cm³/mol. The van der Waals surface area contributed by atoms with Gasteiger partial charge in [0.15, 0.2) is 0 Å². The van der Waals surface area contributed by atoms with Crippen molar-refractivity contribution in [2.24, 2.45) is 0 Å². The Morgan fingerprint density at radius 3 is 2.67 bits per heavy atom. The quantitative estimate of drug-likeness (QED) is 0.564. The lowest BCUT2D eigenvalue weighted by Crippen LogP contribution is -2.33. The van der Waals surface area contributed by atoms with E-state index in [-0.39, 0.29) is 6.09 Å². The number of carbonyl (C=O) groups is 1. The molecule has 1 fully saturated rings. The Hall–Kier alpha value is -0.770. The first-order valence-corrected chi connectivity index (χ1v) is 5.56. The summed E-state index contributed by atoms with van der Waals surface area (Å²) in [6.45, 7) is 7.17. The van der Waals surface area contributed by atoms with Crippen LogP contribution in [0, 0.1) is 0 Å². The van der Waals surface area contributed by atoms with Gasteiger partial charge in [0, 0.05) is 6.54 Å². The van der Waals surface area contributed by atoms with Crippen LogP contribution in [0.2, 0.25) is 0 Å². The van der Waals surface area contributed by atoms with Crippen molar-refractivity contribution in [3.05, 3.63) is 0 Å². The standard InChI is InChI=1S/C11H21NO3/c1-11(2,3)15-10(13)12-7-5-4-6-9-8-14-9/h9H,4-8H2,1-3H3,(H,12,13)/t9-/m1/s1. The first-order chi connectivity index (χ1) is 6.97. The molecule has 0 aromatic heterocycles. The maximum atomic E-state index is 11.2. The Labute approximate surface area is 91.3 Å². The van der Waals surface area contributed by atoms with E-state index in [1.807, 2.05) is 20.8 Å². The van der Waals surface area contributed by atoms with Gasteiger partial charge in [-0.15, -0.1) is 0 Å². The molecule has 1 N–H and O–H groups in total. The van der Waals surface area contributed by atoms with E-state index in [1.54, 1.807) is 0 Å². The van der Waals surface area contributed by atoms with Crippen LogP contribution in [0.4, 0.5) is 4.79 Å². The van der Waals surface area contributed by atoms with Crippen molar-refractivity contribution in [3.63, 3.8) is 0 Å². The molecule has 4 heteroatoms. The Morgan fingerprint density at radius 1 is 1.47 bits per heavy atom. The van der Waals surface area contributed by atoms with E-state index < -0.39 is 5.60 Å². The minimum absolute atomic E-state index is 0.329. The Bertz CT molecular complexity index is 206. The first-order valence-electron chi connectivity index (χ1n) is 5.56. The monoisotopic (exact) mass is 215 g/mol. The molecule has 1 aliphatic heterocycles. The fourth-order valence-corrected chi connectivity index (χ4v) is 1.24. The van der Waals surface area contributed by atoms with E-state index in [1.165, 1.54) is 0 Å². The SMILES string of the molecule is CC(C)(C)OC(=O)NCCCC[C@@H]1CO1. The number of nitrogens with one attached hydrogen (secondary N) is 1. The van der Waals surface area contributed by atoms with Crippen molar-refractivity contribution in [2.45, 2.75) is 51.7 Å². The number of hydrogen-bond acceptors (Lipinski definition) is 3. The minimum Gasteiger partial charge on any atom is -0.444 e. The average Bonchev–Trinajstić information content (AvgIpc) is 2.83. The van der Waals surface area contributed by atoms with Crippen LogP contribution in [-0.4, -0.2) is 30.9 Å². The molecule has 0 bridgehead atoms. The molecule has 0 aliphatic carbocycles. The maximum Gasteiger partial charge on any atom is 0.407 e. The van der Waals surface area contributed by atoms with Crippen molar-refractivity contribution in [1.82, 2.24) is 5.32 Å². The van der Waals surface area contributed by atoms with Gasteiger partial charge in [-0.2, -0.15) is 0 Å². The Balaban J connectivity index is 1.91. The van der Waals surface area contributed by atoms with Gasteiger partial charge >= 0.3 is 6.09 Å². The smallest absolute Gasteiger partial charge is 0.407 e. The summed E-state index contributed by atoms with van der Waals surface area (Å²) >= 11 is 0. The number of rotatable bonds is 5. The number of ether oxygens (including phenoxy) is 2. The highest BCUT2D eigenvalue weighted by Crippen LogP contribution is 2.16. The second-order valence-corrected chi connectivity index (χ2v) is 4.88. The highest BCUT2D eigenvalue weighted by Gasteiger charge is 2.21. The van der Waals surface area contributed by atoms with Gasteiger partial charge in [-0.25, -0.2) is 4.79 Å². The molecule has 0 aromatic rings. The zero-order chi connectivity index (χ0) is 11.3. The van der Waals surface area contributed by atoms with E-state index in [4.69, 9.17) is 9.47 Å². The molecule has 88 valence electrons. The van der Waals surface area contributed by atoms with Crippen molar-refractivity contribution < 1.29 is 14.3 Å². The Morgan fingerprint density at radius 2 is 2.13 bits per heavy atom. The van der Waals surface area contributed by atoms with E-state index >= 15 is 0 Å². The van der Waals surface area contributed by atoms with E-state index in [0.29, 0.717) is 12.6 Å². The maximum absolute atomic E-state index is 11.2. The zero-order valence-electron chi connectivity index (χ0n) is 9.84. The molecule has 15 heavy (non-hydrogen) atoms. The fraction of sp³-hybridized carbons (Fsp3) is 0.909. The number of epoxide rings is 1. The first kappa shape index (κ1) is 12.3. The lowest BCUT2D eigenvalue weighted by atomic mass is 10.2. The summed E-state index contributed by atoms with van der Waals surface area (Å²) in [5, 5.41) is 2.73. The summed E-state index contributed by atoms with van der Waals surface area (Å²) < 4.78 is 10.2. The van der Waals surface area contributed by atoms with Gasteiger partial charge in [0.05, 0.1) is 12.7 Å². The highest BCUT2D eigenvalue weighted by molar-refractivity contribution is 5.67. The molecule has 1 rings (SSSR count). The molecular formula is C11H21NO3. The van der Waals surface area contributed by atoms with Crippen molar-refractivity contribution in [1.29, 1.82) is 0 Å². The molecule has 1 heterocycles. The van der Waals surface area contributed by atoms with Gasteiger partial charge in [-0.05, 0) is 40.0 Å². The van der Waals surface area contributed by atoms with Gasteiger partial charge < -0.3 is 14.8 Å². The molecule has 4 nitrogen and oxygen atoms in total. The number of carbonyl (C=O) groups excluding carboxylic acids is 1. The van der Waals surface area contributed by atoms with Crippen LogP contribution in [0.25, 0.3) is 0 Å². The lowest BCUT2D eigenvalue weighted by molar-refractivity contribution is 0.0527. The third-order valence-electron chi connectivity index (χ3n) is 2.02. The van der Waals surface area contributed by atoms with Crippen LogP contribution in [0.1, 0.15) is 40.0 Å². The molecule has 0 aromatic carbocycles. The van der Waals surface area contributed by atoms with E-state index in [9.17, 15) is 4.79 Å². The summed E-state index contributed by atoms with van der Waals surface area (Å²) in [5.74, 6) is 0. The van der Waals surface area contributed by atoms with E-state index in [0.717, 1.165) is 25.9 Å². The summed E-state index contributed by atoms with van der Waals surface area (Å²) in [4.78, 5) is 11.2. The molecule has 1 saturated heterocycles. The number of hydrogen-bond donors (Lipinski definition) is 1. The van der Waals surface area contributed by atoms with Crippen LogP contribution in [0.3, 0.4) is 0 Å². The summed E-state index contributed by atoms with van der Waals surface area (Å²) in [5.41, 5.74) is -0.411. The van der Waals surface area contributed by atoms with Gasteiger partial charge in [0.1, 0.15) is 5.60 Å². The van der Waals surface area contributed by atoms with Crippen LogP contribution in [-0.2, 0) is 9.47 Å². The summed E-state index contributed by atoms with van der Waals surface area (Å²) in [7, 11) is 0. The molecule has 0 spiro atoms. The average molecular weight is 215 g/mol. The fourth-order valence-electron chi connectivity index (χ4n) is 1.24. The Kier molecular flexibility index (Phi) is 4.39. The molecular weight excluding hydrogens is 194 g/mol. The van der Waals surface area contributed by atoms with Crippen LogP contribution in [0.15, 0.2) is 0 Å². The molecule has 1 aliphatic rings. The normalized spacial score (nSPS) is 19.8. The molecule has 0 radical (unpaired) electrons. The topological polar surface area (TPSA) is 50.9 Å². The molecule has 0 unspecified atom stereocenters. The number of unbranched alkanes of at least 4 members (excludes halogenated alkanes) is 1. The predicted octanol–water partition coefficient (Wildman–Crippen LogP) is 2.08. The van der Waals surface area contributed by atoms with Crippen molar-refractivity contribution in [3.8, 4) is 0 Å². The van der Waals surface area contributed by atoms with Crippen LogP contribution in [0.5, 0.6) is 0 Å². The minimum atomic E-state index is -0.411. The van der Waals surface area contributed by atoms with Crippen molar-refractivity contribution >= 4 is 6.09 Å². The summed E-state index contributed by atoms with van der Waals surface area (Å²) in [6.07, 6.45) is 3.35. The van der Waals surface area contributed by atoms with Gasteiger partial charge in [0.2, 0.25) is 0 Å². The van der Waals surface area contributed by atoms with Crippen LogP contribution >= 0.6 is 0 Å². The third-order valence-corrected chi connectivity index (χ3v) is 2.02. The van der Waals surface area contributed by atoms with Crippen molar-refractivity contribution in [2.75, 3.05) is 13.2 Å². The second-order valence-electron chi connectivity index (χ2n) is 4.88. The van der Waals surface area contributed by atoms with Gasteiger partial charge in [0.25, 0.3) is 0 Å². The summed E-state index contributed by atoms with van der Waals surface area (Å²) in [6, 6.07) is 0. The number of amides is 1. The molecule has 1 atom stereocenters. The highest BCUT2D eigenvalue weighted by atomic mass is 16.6. The second kappa shape index (κ2) is 5.35. The van der Waals surface area contributed by atoms with Crippen LogP contribution < -0.4 is 5.32 Å². The number of alkyl carbamates (subject to hydrolysis) is 1. The largest absolute Gasteiger partial charge is 0.444 e. The third kappa shape index (κ3) is 7.19. The molecule has 1 amide bonds.